The van der Waals surface area contributed by atoms with Gasteiger partial charge in [-0.05, 0) is 50.7 Å². The largest absolute Gasteiger partial charge is 0.306 e. The summed E-state index contributed by atoms with van der Waals surface area (Å²) in [5, 5.41) is 2.41. The molecule has 0 aliphatic carbocycles. The minimum atomic E-state index is -1.82. The van der Waals surface area contributed by atoms with Gasteiger partial charge in [-0.2, -0.15) is 0 Å². The van der Waals surface area contributed by atoms with Gasteiger partial charge in [-0.15, -0.1) is 0 Å². The van der Waals surface area contributed by atoms with E-state index >= 15 is 0 Å². The molecule has 26 heavy (non-hydrogen) atoms. The first-order chi connectivity index (χ1) is 12.7. The van der Waals surface area contributed by atoms with Gasteiger partial charge in [0, 0.05) is 0 Å². The zero-order valence-electron chi connectivity index (χ0n) is 14.1. The maximum Gasteiger partial charge on any atom is 0.157 e. The molecule has 4 aromatic rings. The van der Waals surface area contributed by atoms with Crippen LogP contribution in [0.5, 0.6) is 0 Å². The Bertz CT molecular complexity index is 1070. The minimum absolute atomic E-state index is 0.156. The number of hydrogen-bond donors (Lipinski definition) is 1. The molecule has 0 spiro atoms. The van der Waals surface area contributed by atoms with Crippen LogP contribution in [0.4, 0.5) is 0 Å². The molecule has 4 rings (SSSR count). The van der Waals surface area contributed by atoms with E-state index in [2.05, 4.69) is 42.5 Å². The summed E-state index contributed by atoms with van der Waals surface area (Å²) in [5.41, 5.74) is 5.47. The highest BCUT2D eigenvalue weighted by Crippen LogP contribution is 2.35. The fourth-order valence-corrected chi connectivity index (χ4v) is 3.74. The van der Waals surface area contributed by atoms with Crippen LogP contribution in [-0.2, 0) is 16.8 Å². The second-order valence-electron chi connectivity index (χ2n) is 6.27. The summed E-state index contributed by atoms with van der Waals surface area (Å²) in [5.74, 6) is 0.156. The van der Waals surface area contributed by atoms with Crippen LogP contribution < -0.4 is 0 Å². The van der Waals surface area contributed by atoms with Gasteiger partial charge in [0.1, 0.15) is 0 Å². The van der Waals surface area contributed by atoms with E-state index < -0.39 is 11.1 Å². The summed E-state index contributed by atoms with van der Waals surface area (Å²) >= 11 is -1.82. The van der Waals surface area contributed by atoms with E-state index in [4.69, 9.17) is 4.55 Å². The summed E-state index contributed by atoms with van der Waals surface area (Å²) in [6, 6.07) is 31.1. The Morgan fingerprint density at radius 2 is 1.15 bits per heavy atom. The van der Waals surface area contributed by atoms with E-state index in [9.17, 15) is 4.21 Å². The Labute approximate surface area is 155 Å². The molecule has 1 unspecified atom stereocenters. The molecule has 0 heterocycles. The first-order valence-corrected chi connectivity index (χ1v) is 9.73. The number of benzene rings is 4. The molecular formula is C23H18O2S. The van der Waals surface area contributed by atoms with Crippen molar-refractivity contribution in [2.24, 2.45) is 0 Å². The van der Waals surface area contributed by atoms with E-state index in [1.54, 1.807) is 0 Å². The standard InChI is InChI=1S/C23H18O2S/c24-26(25)16-17-10-12-19(13-11-17)23-15-21-9-5-4-8-20(21)14-22(23)18-6-2-1-3-7-18/h1-15H,16H2,(H,24,25). The van der Waals surface area contributed by atoms with Gasteiger partial charge >= 0.3 is 0 Å². The molecule has 0 saturated heterocycles. The highest BCUT2D eigenvalue weighted by molar-refractivity contribution is 7.78. The molecule has 0 bridgehead atoms. The Morgan fingerprint density at radius 1 is 0.654 bits per heavy atom. The average molecular weight is 358 g/mol. The topological polar surface area (TPSA) is 37.3 Å². The summed E-state index contributed by atoms with van der Waals surface area (Å²) in [6.07, 6.45) is 0. The molecule has 0 radical (unpaired) electrons. The van der Waals surface area contributed by atoms with Crippen LogP contribution in [0.2, 0.25) is 0 Å². The van der Waals surface area contributed by atoms with Gasteiger partial charge in [-0.3, -0.25) is 0 Å². The molecule has 4 aromatic carbocycles. The number of fused-ring (bicyclic) bond motifs is 1. The second-order valence-corrected chi connectivity index (χ2v) is 7.21. The van der Waals surface area contributed by atoms with E-state index in [1.165, 1.54) is 21.9 Å². The summed E-state index contributed by atoms with van der Waals surface area (Å²) < 4.78 is 20.1. The Morgan fingerprint density at radius 3 is 1.69 bits per heavy atom. The van der Waals surface area contributed by atoms with Crippen LogP contribution >= 0.6 is 0 Å². The minimum Gasteiger partial charge on any atom is -0.306 e. The first-order valence-electron chi connectivity index (χ1n) is 8.46. The lowest BCUT2D eigenvalue weighted by atomic mass is 9.91. The third kappa shape index (κ3) is 3.45. The quantitative estimate of drug-likeness (QED) is 0.461. The number of hydrogen-bond acceptors (Lipinski definition) is 1. The fourth-order valence-electron chi connectivity index (χ4n) is 3.26. The molecule has 1 atom stereocenters. The summed E-state index contributed by atoms with van der Waals surface area (Å²) in [4.78, 5) is 0. The van der Waals surface area contributed by atoms with E-state index in [0.29, 0.717) is 0 Å². The monoisotopic (exact) mass is 358 g/mol. The first kappa shape index (κ1) is 16.7. The third-order valence-electron chi connectivity index (χ3n) is 4.53. The molecule has 0 fully saturated rings. The van der Waals surface area contributed by atoms with Crippen LogP contribution in [-0.4, -0.2) is 8.76 Å². The van der Waals surface area contributed by atoms with Crippen molar-refractivity contribution < 1.29 is 8.76 Å². The maximum atomic E-state index is 11.0. The lowest BCUT2D eigenvalue weighted by Crippen LogP contribution is -1.93. The molecule has 0 aliphatic rings. The van der Waals surface area contributed by atoms with Gasteiger partial charge in [0.15, 0.2) is 11.1 Å². The Hall–Kier alpha value is -2.75. The van der Waals surface area contributed by atoms with Crippen LogP contribution in [0.15, 0.2) is 91.0 Å². The zero-order chi connectivity index (χ0) is 17.9. The Kier molecular flexibility index (Phi) is 4.65. The second kappa shape index (κ2) is 7.24. The van der Waals surface area contributed by atoms with Crippen LogP contribution in [0.1, 0.15) is 5.56 Å². The molecule has 3 heteroatoms. The highest BCUT2D eigenvalue weighted by atomic mass is 32.2. The summed E-state index contributed by atoms with van der Waals surface area (Å²) in [7, 11) is 0. The maximum absolute atomic E-state index is 11.0. The fraction of sp³-hybridized carbons (Fsp3) is 0.0435. The van der Waals surface area contributed by atoms with E-state index in [1.807, 2.05) is 48.5 Å². The molecule has 2 nitrogen and oxygen atoms in total. The van der Waals surface area contributed by atoms with Crippen molar-refractivity contribution in [1.29, 1.82) is 0 Å². The lowest BCUT2D eigenvalue weighted by molar-refractivity contribution is 0.563. The van der Waals surface area contributed by atoms with Gasteiger partial charge in [0.2, 0.25) is 0 Å². The van der Waals surface area contributed by atoms with E-state index in [-0.39, 0.29) is 5.75 Å². The predicted octanol–water partition coefficient (Wildman–Crippen LogP) is 5.90. The van der Waals surface area contributed by atoms with Crippen LogP contribution in [0.25, 0.3) is 33.0 Å². The van der Waals surface area contributed by atoms with Crippen molar-refractivity contribution in [2.45, 2.75) is 5.75 Å². The highest BCUT2D eigenvalue weighted by Gasteiger charge is 2.10. The van der Waals surface area contributed by atoms with Gasteiger partial charge < -0.3 is 4.55 Å². The molecule has 1 N–H and O–H groups in total. The molecule has 0 amide bonds. The lowest BCUT2D eigenvalue weighted by Gasteiger charge is -2.13. The van der Waals surface area contributed by atoms with Crippen molar-refractivity contribution in [3.63, 3.8) is 0 Å². The zero-order valence-corrected chi connectivity index (χ0v) is 14.9. The van der Waals surface area contributed by atoms with E-state index in [0.717, 1.165) is 16.7 Å². The van der Waals surface area contributed by atoms with Crippen molar-refractivity contribution in [3.05, 3.63) is 96.6 Å². The predicted molar refractivity (Wildman–Crippen MR) is 109 cm³/mol. The van der Waals surface area contributed by atoms with Crippen molar-refractivity contribution >= 4 is 21.9 Å². The molecule has 0 aliphatic heterocycles. The van der Waals surface area contributed by atoms with Crippen LogP contribution in [0.3, 0.4) is 0 Å². The van der Waals surface area contributed by atoms with Gasteiger partial charge in [-0.1, -0.05) is 78.9 Å². The molecule has 128 valence electrons. The van der Waals surface area contributed by atoms with Gasteiger partial charge in [-0.25, -0.2) is 4.21 Å². The molecular weight excluding hydrogens is 340 g/mol. The number of rotatable bonds is 4. The third-order valence-corrected chi connectivity index (χ3v) is 5.11. The Balaban J connectivity index is 1.88. The van der Waals surface area contributed by atoms with Gasteiger partial charge in [0.05, 0.1) is 5.75 Å². The SMILES string of the molecule is O=S(O)Cc1ccc(-c2cc3ccccc3cc2-c2ccccc2)cc1. The smallest absolute Gasteiger partial charge is 0.157 e. The van der Waals surface area contributed by atoms with Crippen molar-refractivity contribution in [1.82, 2.24) is 0 Å². The van der Waals surface area contributed by atoms with Crippen LogP contribution in [0, 0.1) is 0 Å². The molecule has 0 aromatic heterocycles. The van der Waals surface area contributed by atoms with Gasteiger partial charge in [0.25, 0.3) is 0 Å². The van der Waals surface area contributed by atoms with Crippen molar-refractivity contribution in [3.8, 4) is 22.3 Å². The van der Waals surface area contributed by atoms with Crippen molar-refractivity contribution in [2.75, 3.05) is 0 Å². The average Bonchev–Trinajstić information content (AvgIpc) is 2.68. The summed E-state index contributed by atoms with van der Waals surface area (Å²) in [6.45, 7) is 0. The molecule has 0 saturated carbocycles. The normalized spacial score (nSPS) is 12.2.